The first-order valence-corrected chi connectivity index (χ1v) is 6.03. The van der Waals surface area contributed by atoms with Crippen molar-refractivity contribution in [3.8, 4) is 0 Å². The van der Waals surface area contributed by atoms with E-state index in [2.05, 4.69) is 21.9 Å². The molecule has 17 heavy (non-hydrogen) atoms. The third-order valence-corrected chi connectivity index (χ3v) is 3.20. The highest BCUT2D eigenvalue weighted by molar-refractivity contribution is 5.80. The van der Waals surface area contributed by atoms with Gasteiger partial charge in [0.2, 0.25) is 0 Å². The van der Waals surface area contributed by atoms with E-state index >= 15 is 0 Å². The number of hydrogen-bond donors (Lipinski definition) is 0. The normalized spacial score (nSPS) is 18.5. The van der Waals surface area contributed by atoms with Crippen LogP contribution in [0.25, 0.3) is 0 Å². The number of carbonyl (C=O) groups is 1. The van der Waals surface area contributed by atoms with Gasteiger partial charge in [-0.2, -0.15) is 5.10 Å². The second-order valence-electron chi connectivity index (χ2n) is 4.81. The van der Waals surface area contributed by atoms with Crippen LogP contribution in [0.3, 0.4) is 0 Å². The summed E-state index contributed by atoms with van der Waals surface area (Å²) >= 11 is 0. The summed E-state index contributed by atoms with van der Waals surface area (Å²) in [6.07, 6.45) is 0. The molecular weight excluding hydrogens is 216 g/mol. The molecule has 0 N–H and O–H groups in total. The molecule has 2 heterocycles. The first-order valence-electron chi connectivity index (χ1n) is 6.03. The van der Waals surface area contributed by atoms with Crippen molar-refractivity contribution in [2.75, 3.05) is 39.8 Å². The molecule has 0 atom stereocenters. The third-order valence-electron chi connectivity index (χ3n) is 3.20. The minimum atomic E-state index is 0.0696. The zero-order valence-corrected chi connectivity index (χ0v) is 10.8. The molecule has 0 unspecified atom stereocenters. The second-order valence-corrected chi connectivity index (χ2v) is 4.81. The van der Waals surface area contributed by atoms with Crippen molar-refractivity contribution in [2.24, 2.45) is 0 Å². The monoisotopic (exact) mass is 236 g/mol. The van der Waals surface area contributed by atoms with E-state index in [9.17, 15) is 4.79 Å². The predicted molar refractivity (Wildman–Crippen MR) is 66.3 cm³/mol. The SMILES string of the molecule is Cc1cc(C)n(C(=O)CN2CCN(C)CC2)n1. The van der Waals surface area contributed by atoms with Crippen LogP contribution in [0.15, 0.2) is 6.07 Å². The summed E-state index contributed by atoms with van der Waals surface area (Å²) in [6.45, 7) is 8.28. The Bertz CT molecular complexity index is 405. The number of aromatic nitrogens is 2. The van der Waals surface area contributed by atoms with Gasteiger partial charge in [0.1, 0.15) is 0 Å². The van der Waals surface area contributed by atoms with Crippen molar-refractivity contribution in [1.82, 2.24) is 19.6 Å². The third kappa shape index (κ3) is 2.92. The van der Waals surface area contributed by atoms with Gasteiger partial charge >= 0.3 is 0 Å². The molecular formula is C12H20N4O. The Hall–Kier alpha value is -1.20. The topological polar surface area (TPSA) is 41.4 Å². The van der Waals surface area contributed by atoms with Crippen LogP contribution in [-0.4, -0.2) is 65.3 Å². The summed E-state index contributed by atoms with van der Waals surface area (Å²) in [4.78, 5) is 16.5. The Morgan fingerprint density at radius 2 is 1.94 bits per heavy atom. The Kier molecular flexibility index (Phi) is 3.59. The lowest BCUT2D eigenvalue weighted by Gasteiger charge is -2.31. The van der Waals surface area contributed by atoms with E-state index in [0.717, 1.165) is 37.6 Å². The number of nitrogens with zero attached hydrogens (tertiary/aromatic N) is 4. The molecule has 0 spiro atoms. The Labute approximate surface area is 102 Å². The molecule has 0 aliphatic carbocycles. The maximum atomic E-state index is 12.1. The molecule has 5 nitrogen and oxygen atoms in total. The quantitative estimate of drug-likeness (QED) is 0.745. The van der Waals surface area contributed by atoms with Crippen LogP contribution in [0, 0.1) is 13.8 Å². The Morgan fingerprint density at radius 3 is 2.47 bits per heavy atom. The van der Waals surface area contributed by atoms with Gasteiger partial charge in [0.05, 0.1) is 12.2 Å². The average molecular weight is 236 g/mol. The molecule has 0 amide bonds. The van der Waals surface area contributed by atoms with E-state index in [1.807, 2.05) is 19.9 Å². The maximum absolute atomic E-state index is 12.1. The van der Waals surface area contributed by atoms with Crippen LogP contribution >= 0.6 is 0 Å². The van der Waals surface area contributed by atoms with Crippen molar-refractivity contribution in [2.45, 2.75) is 13.8 Å². The van der Waals surface area contributed by atoms with Crippen molar-refractivity contribution < 1.29 is 4.79 Å². The van der Waals surface area contributed by atoms with Gasteiger partial charge in [-0.05, 0) is 27.0 Å². The predicted octanol–water partition coefficient (Wildman–Crippen LogP) is 0.388. The van der Waals surface area contributed by atoms with E-state index in [1.54, 1.807) is 0 Å². The van der Waals surface area contributed by atoms with Crippen LogP contribution in [0.5, 0.6) is 0 Å². The smallest absolute Gasteiger partial charge is 0.261 e. The lowest BCUT2D eigenvalue weighted by molar-refractivity contribution is 0.0777. The molecule has 1 aliphatic heterocycles. The standard InChI is InChI=1S/C12H20N4O/c1-10-8-11(2)16(13-10)12(17)9-15-6-4-14(3)5-7-15/h8H,4-7,9H2,1-3H3. The number of aryl methyl sites for hydroxylation is 2. The largest absolute Gasteiger partial charge is 0.304 e. The van der Waals surface area contributed by atoms with Crippen LogP contribution in [0.1, 0.15) is 16.2 Å². The van der Waals surface area contributed by atoms with Gasteiger partial charge in [-0.1, -0.05) is 0 Å². The van der Waals surface area contributed by atoms with E-state index in [0.29, 0.717) is 6.54 Å². The first-order chi connectivity index (χ1) is 8.06. The zero-order valence-electron chi connectivity index (χ0n) is 10.8. The lowest BCUT2D eigenvalue weighted by Crippen LogP contribution is -2.47. The average Bonchev–Trinajstić information content (AvgIpc) is 2.61. The van der Waals surface area contributed by atoms with Crippen LogP contribution in [0.4, 0.5) is 0 Å². The highest BCUT2D eigenvalue weighted by Gasteiger charge is 2.18. The van der Waals surface area contributed by atoms with Crippen molar-refractivity contribution in [1.29, 1.82) is 0 Å². The van der Waals surface area contributed by atoms with E-state index < -0.39 is 0 Å². The van der Waals surface area contributed by atoms with Crippen LogP contribution in [-0.2, 0) is 0 Å². The molecule has 1 aromatic rings. The molecule has 1 aromatic heterocycles. The summed E-state index contributed by atoms with van der Waals surface area (Å²) in [5, 5.41) is 4.22. The number of likely N-dealkylation sites (N-methyl/N-ethyl adjacent to an activating group) is 1. The zero-order chi connectivity index (χ0) is 12.4. The Balaban J connectivity index is 1.95. The summed E-state index contributed by atoms with van der Waals surface area (Å²) in [6, 6.07) is 1.93. The fourth-order valence-electron chi connectivity index (χ4n) is 2.15. The molecule has 1 saturated heterocycles. The van der Waals surface area contributed by atoms with Gasteiger partial charge in [0.15, 0.2) is 0 Å². The maximum Gasteiger partial charge on any atom is 0.261 e. The number of piperazine rings is 1. The van der Waals surface area contributed by atoms with Gasteiger partial charge in [0.25, 0.3) is 5.91 Å². The lowest BCUT2D eigenvalue weighted by atomic mass is 10.3. The molecule has 1 aliphatic rings. The molecule has 0 saturated carbocycles. The van der Waals surface area contributed by atoms with Crippen molar-refractivity contribution >= 4 is 5.91 Å². The van der Waals surface area contributed by atoms with Gasteiger partial charge < -0.3 is 4.90 Å². The molecule has 94 valence electrons. The molecule has 0 radical (unpaired) electrons. The summed E-state index contributed by atoms with van der Waals surface area (Å²) < 4.78 is 1.52. The molecule has 2 rings (SSSR count). The highest BCUT2D eigenvalue weighted by Crippen LogP contribution is 2.04. The van der Waals surface area contributed by atoms with Gasteiger partial charge in [-0.15, -0.1) is 0 Å². The summed E-state index contributed by atoms with van der Waals surface area (Å²) in [7, 11) is 2.11. The second kappa shape index (κ2) is 4.98. The summed E-state index contributed by atoms with van der Waals surface area (Å²) in [5.74, 6) is 0.0696. The molecule has 0 aromatic carbocycles. The molecule has 0 bridgehead atoms. The number of rotatable bonds is 2. The van der Waals surface area contributed by atoms with E-state index in [4.69, 9.17) is 0 Å². The first kappa shape index (κ1) is 12.3. The fourth-order valence-corrected chi connectivity index (χ4v) is 2.15. The molecule has 1 fully saturated rings. The highest BCUT2D eigenvalue weighted by atomic mass is 16.2. The van der Waals surface area contributed by atoms with Crippen LogP contribution < -0.4 is 0 Å². The fraction of sp³-hybridized carbons (Fsp3) is 0.667. The summed E-state index contributed by atoms with van der Waals surface area (Å²) in [5.41, 5.74) is 1.82. The number of carbonyl (C=O) groups excluding carboxylic acids is 1. The number of hydrogen-bond acceptors (Lipinski definition) is 4. The Morgan fingerprint density at radius 1 is 1.29 bits per heavy atom. The molecule has 5 heteroatoms. The minimum absolute atomic E-state index is 0.0696. The van der Waals surface area contributed by atoms with E-state index in [-0.39, 0.29) is 5.91 Å². The van der Waals surface area contributed by atoms with Gasteiger partial charge in [-0.25, -0.2) is 4.68 Å². The van der Waals surface area contributed by atoms with Gasteiger partial charge in [0, 0.05) is 31.9 Å². The van der Waals surface area contributed by atoms with Crippen molar-refractivity contribution in [3.63, 3.8) is 0 Å². The van der Waals surface area contributed by atoms with Crippen molar-refractivity contribution in [3.05, 3.63) is 17.5 Å². The minimum Gasteiger partial charge on any atom is -0.304 e. The van der Waals surface area contributed by atoms with Gasteiger partial charge in [-0.3, -0.25) is 9.69 Å². The van der Waals surface area contributed by atoms with Crippen LogP contribution in [0.2, 0.25) is 0 Å². The van der Waals surface area contributed by atoms with E-state index in [1.165, 1.54) is 4.68 Å².